The van der Waals surface area contributed by atoms with Gasteiger partial charge in [0, 0.05) is 5.56 Å². The number of rotatable bonds is 5. The Morgan fingerprint density at radius 3 is 2.71 bits per heavy atom. The molecular formula is C12H16ClNO3. The maximum absolute atomic E-state index is 8.47. The average Bonchev–Trinajstić information content (AvgIpc) is 2.27. The van der Waals surface area contributed by atoms with Crippen LogP contribution in [0, 0.1) is 5.92 Å². The number of methoxy groups -OCH3 is 1. The molecule has 1 aromatic rings. The van der Waals surface area contributed by atoms with Crippen molar-refractivity contribution in [2.45, 2.75) is 13.8 Å². The quantitative estimate of drug-likeness (QED) is 0.501. The fraction of sp³-hybridized carbons (Fsp3) is 0.417. The van der Waals surface area contributed by atoms with Crippen LogP contribution in [0.1, 0.15) is 19.4 Å². The van der Waals surface area contributed by atoms with Gasteiger partial charge in [-0.3, -0.25) is 0 Å². The number of hydrogen-bond acceptors (Lipinski definition) is 4. The van der Waals surface area contributed by atoms with Gasteiger partial charge in [-0.2, -0.15) is 0 Å². The van der Waals surface area contributed by atoms with Crippen molar-refractivity contribution in [3.8, 4) is 11.5 Å². The predicted molar refractivity (Wildman–Crippen MR) is 67.7 cm³/mol. The lowest BCUT2D eigenvalue weighted by Crippen LogP contribution is -2.06. The van der Waals surface area contributed by atoms with Crippen LogP contribution >= 0.6 is 11.6 Å². The molecule has 0 atom stereocenters. The van der Waals surface area contributed by atoms with Gasteiger partial charge in [0.2, 0.25) is 0 Å². The molecule has 0 amide bonds. The van der Waals surface area contributed by atoms with Gasteiger partial charge < -0.3 is 14.7 Å². The number of benzene rings is 1. The second-order valence-corrected chi connectivity index (χ2v) is 4.39. The molecule has 0 bridgehead atoms. The summed E-state index contributed by atoms with van der Waals surface area (Å²) in [5, 5.41) is 11.9. The van der Waals surface area contributed by atoms with Crippen molar-refractivity contribution in [2.24, 2.45) is 11.1 Å². The van der Waals surface area contributed by atoms with Crippen LogP contribution in [0.5, 0.6) is 11.5 Å². The number of halogens is 1. The van der Waals surface area contributed by atoms with Crippen molar-refractivity contribution in [3.63, 3.8) is 0 Å². The van der Waals surface area contributed by atoms with Gasteiger partial charge in [0.15, 0.2) is 11.5 Å². The van der Waals surface area contributed by atoms with Gasteiger partial charge >= 0.3 is 0 Å². The number of ether oxygens (including phenoxy) is 2. The SMILES string of the molecule is COc1cc(C=NO)cc(Cl)c1OCC(C)C. The van der Waals surface area contributed by atoms with Crippen molar-refractivity contribution in [2.75, 3.05) is 13.7 Å². The Kier molecular flexibility index (Phi) is 5.10. The molecule has 0 aliphatic heterocycles. The van der Waals surface area contributed by atoms with Gasteiger partial charge in [0.1, 0.15) is 0 Å². The second kappa shape index (κ2) is 6.35. The summed E-state index contributed by atoms with van der Waals surface area (Å²) >= 11 is 6.08. The third-order valence-corrected chi connectivity index (χ3v) is 2.30. The minimum absolute atomic E-state index is 0.398. The van der Waals surface area contributed by atoms with E-state index in [0.717, 1.165) is 0 Å². The van der Waals surface area contributed by atoms with Crippen LogP contribution in [0.15, 0.2) is 17.3 Å². The first kappa shape index (κ1) is 13.6. The molecule has 0 aromatic heterocycles. The molecule has 0 spiro atoms. The molecular weight excluding hydrogens is 242 g/mol. The summed E-state index contributed by atoms with van der Waals surface area (Å²) in [7, 11) is 1.54. The van der Waals surface area contributed by atoms with E-state index in [1.165, 1.54) is 13.3 Å². The third kappa shape index (κ3) is 3.82. The summed E-state index contributed by atoms with van der Waals surface area (Å²) in [4.78, 5) is 0. The number of nitrogens with zero attached hydrogens (tertiary/aromatic N) is 1. The fourth-order valence-corrected chi connectivity index (χ4v) is 1.54. The van der Waals surface area contributed by atoms with Gasteiger partial charge in [-0.1, -0.05) is 30.6 Å². The zero-order chi connectivity index (χ0) is 12.8. The van der Waals surface area contributed by atoms with Crippen LogP contribution in [0.4, 0.5) is 0 Å². The van der Waals surface area contributed by atoms with Gasteiger partial charge in [0.25, 0.3) is 0 Å². The van der Waals surface area contributed by atoms with Crippen LogP contribution in [-0.2, 0) is 0 Å². The van der Waals surface area contributed by atoms with E-state index in [-0.39, 0.29) is 0 Å². The molecule has 0 aliphatic carbocycles. The highest BCUT2D eigenvalue weighted by Crippen LogP contribution is 2.36. The second-order valence-electron chi connectivity index (χ2n) is 3.98. The van der Waals surface area contributed by atoms with Gasteiger partial charge in [-0.25, -0.2) is 0 Å². The topological polar surface area (TPSA) is 51.0 Å². The summed E-state index contributed by atoms with van der Waals surface area (Å²) in [6, 6.07) is 3.35. The van der Waals surface area contributed by atoms with Crippen LogP contribution in [-0.4, -0.2) is 25.1 Å². The van der Waals surface area contributed by atoms with Gasteiger partial charge in [-0.05, 0) is 18.1 Å². The smallest absolute Gasteiger partial charge is 0.179 e. The van der Waals surface area contributed by atoms with E-state index in [4.69, 9.17) is 26.3 Å². The first-order valence-corrected chi connectivity index (χ1v) is 5.64. The van der Waals surface area contributed by atoms with Crippen molar-refractivity contribution >= 4 is 17.8 Å². The van der Waals surface area contributed by atoms with E-state index in [0.29, 0.717) is 34.6 Å². The van der Waals surface area contributed by atoms with E-state index < -0.39 is 0 Å². The van der Waals surface area contributed by atoms with Crippen molar-refractivity contribution in [1.29, 1.82) is 0 Å². The molecule has 1 rings (SSSR count). The van der Waals surface area contributed by atoms with Gasteiger partial charge in [-0.15, -0.1) is 0 Å². The summed E-state index contributed by atoms with van der Waals surface area (Å²) in [6.07, 6.45) is 1.28. The maximum Gasteiger partial charge on any atom is 0.179 e. The van der Waals surface area contributed by atoms with E-state index in [2.05, 4.69) is 5.16 Å². The Labute approximate surface area is 106 Å². The van der Waals surface area contributed by atoms with Crippen LogP contribution in [0.3, 0.4) is 0 Å². The van der Waals surface area contributed by atoms with E-state index >= 15 is 0 Å². The first-order valence-electron chi connectivity index (χ1n) is 5.26. The third-order valence-electron chi connectivity index (χ3n) is 2.02. The zero-order valence-corrected chi connectivity index (χ0v) is 10.9. The van der Waals surface area contributed by atoms with E-state index in [1.54, 1.807) is 12.1 Å². The largest absolute Gasteiger partial charge is 0.493 e. The Hall–Kier alpha value is -1.42. The fourth-order valence-electron chi connectivity index (χ4n) is 1.27. The zero-order valence-electron chi connectivity index (χ0n) is 10.1. The molecule has 94 valence electrons. The summed E-state index contributed by atoms with van der Waals surface area (Å²) in [6.45, 7) is 4.66. The molecule has 0 aliphatic rings. The average molecular weight is 258 g/mol. The minimum atomic E-state index is 0.398. The highest BCUT2D eigenvalue weighted by atomic mass is 35.5. The maximum atomic E-state index is 8.47. The lowest BCUT2D eigenvalue weighted by molar-refractivity contribution is 0.257. The number of oxime groups is 1. The molecule has 0 heterocycles. The van der Waals surface area contributed by atoms with Crippen molar-refractivity contribution in [3.05, 3.63) is 22.7 Å². The molecule has 17 heavy (non-hydrogen) atoms. The Morgan fingerprint density at radius 1 is 1.47 bits per heavy atom. The molecule has 4 nitrogen and oxygen atoms in total. The van der Waals surface area contributed by atoms with Crippen LogP contribution in [0.25, 0.3) is 0 Å². The Bertz CT molecular complexity index is 405. The summed E-state index contributed by atoms with van der Waals surface area (Å²) in [5.74, 6) is 1.43. The Morgan fingerprint density at radius 2 is 2.18 bits per heavy atom. The van der Waals surface area contributed by atoms with Crippen molar-refractivity contribution in [1.82, 2.24) is 0 Å². The lowest BCUT2D eigenvalue weighted by atomic mass is 10.2. The normalized spacial score (nSPS) is 11.1. The van der Waals surface area contributed by atoms with Gasteiger partial charge in [0.05, 0.1) is 25.0 Å². The monoisotopic (exact) mass is 257 g/mol. The molecule has 1 N–H and O–H groups in total. The highest BCUT2D eigenvalue weighted by molar-refractivity contribution is 6.32. The van der Waals surface area contributed by atoms with Crippen LogP contribution < -0.4 is 9.47 Å². The van der Waals surface area contributed by atoms with E-state index in [9.17, 15) is 0 Å². The molecule has 0 fully saturated rings. The Balaban J connectivity index is 3.03. The molecule has 5 heteroatoms. The predicted octanol–water partition coefficient (Wildman–Crippen LogP) is 3.19. The molecule has 0 radical (unpaired) electrons. The van der Waals surface area contributed by atoms with E-state index in [1.807, 2.05) is 13.8 Å². The van der Waals surface area contributed by atoms with Crippen LogP contribution in [0.2, 0.25) is 5.02 Å². The highest BCUT2D eigenvalue weighted by Gasteiger charge is 2.12. The first-order chi connectivity index (χ1) is 8.08. The van der Waals surface area contributed by atoms with Crippen molar-refractivity contribution < 1.29 is 14.7 Å². The number of hydrogen-bond donors (Lipinski definition) is 1. The molecule has 0 saturated carbocycles. The molecule has 1 aromatic carbocycles. The summed E-state index contributed by atoms with van der Waals surface area (Å²) < 4.78 is 10.8. The molecule has 0 saturated heterocycles. The standard InChI is InChI=1S/C12H16ClNO3/c1-8(2)7-17-12-10(13)4-9(6-14-15)5-11(12)16-3/h4-6,8,15H,7H2,1-3H3. The molecule has 0 unspecified atom stereocenters. The minimum Gasteiger partial charge on any atom is -0.493 e. The lowest BCUT2D eigenvalue weighted by Gasteiger charge is -2.14. The summed E-state index contributed by atoms with van der Waals surface area (Å²) in [5.41, 5.74) is 0.645.